The van der Waals surface area contributed by atoms with Crippen LogP contribution in [0.25, 0.3) is 11.2 Å². The Bertz CT molecular complexity index is 864. The van der Waals surface area contributed by atoms with Gasteiger partial charge in [-0.3, -0.25) is 24.2 Å². The summed E-state index contributed by atoms with van der Waals surface area (Å²) in [5, 5.41) is 0. The van der Waals surface area contributed by atoms with Crippen LogP contribution in [0.2, 0.25) is 0 Å². The lowest BCUT2D eigenvalue weighted by atomic mass is 10.4. The van der Waals surface area contributed by atoms with Gasteiger partial charge in [0.25, 0.3) is 11.4 Å². The number of ether oxygens (including phenoxy) is 1. The number of aryl methyl sites for hydroxylation is 1. The fourth-order valence-electron chi connectivity index (χ4n) is 2.64. The number of hydrogen-bond acceptors (Lipinski definition) is 4. The van der Waals surface area contributed by atoms with E-state index in [1.807, 2.05) is 4.58 Å². The smallest absolute Gasteiger partial charge is 0.332 e. The van der Waals surface area contributed by atoms with Crippen molar-refractivity contribution >= 4 is 17.0 Å². The Hall–Kier alpha value is -2.42. The molecule has 2 aromatic heterocycles. The highest BCUT2D eigenvalue weighted by Gasteiger charge is 2.18. The fraction of sp³-hybridized carbons (Fsp3) is 0.538. The van der Waals surface area contributed by atoms with Crippen molar-refractivity contribution in [3.05, 3.63) is 27.2 Å². The lowest BCUT2D eigenvalue weighted by Gasteiger charge is -2.16. The van der Waals surface area contributed by atoms with Gasteiger partial charge in [0.05, 0.1) is 19.5 Å². The molecule has 22 heavy (non-hydrogen) atoms. The molecule has 118 valence electrons. The molecule has 0 aliphatic carbocycles. The molecule has 2 N–H and O–H groups in total. The topological polar surface area (TPSA) is 100 Å². The molecule has 0 aromatic carbocycles. The predicted molar refractivity (Wildman–Crippen MR) is 80.2 cm³/mol. The number of nitrogens with zero attached hydrogens (tertiary/aromatic N) is 5. The standard InChI is InChI=1S/C13H18N6O3/c1-16-11-10(12(20)17(2)13(16)21)19(8-15-11)7-9(14)18-3-5-22-6-4-18/h8,14H,3-7H2,1-2H3/p+1. The summed E-state index contributed by atoms with van der Waals surface area (Å²) in [6.45, 7) is 3.09. The molecule has 9 heteroatoms. The van der Waals surface area contributed by atoms with Gasteiger partial charge in [-0.05, 0) is 0 Å². The number of aromatic nitrogens is 4. The van der Waals surface area contributed by atoms with Gasteiger partial charge in [-0.1, -0.05) is 0 Å². The summed E-state index contributed by atoms with van der Waals surface area (Å²) >= 11 is 0. The number of morpholine rings is 1. The first-order valence-electron chi connectivity index (χ1n) is 7.05. The normalized spacial score (nSPS) is 15.5. The van der Waals surface area contributed by atoms with Crippen molar-refractivity contribution < 1.29 is 9.31 Å². The Labute approximate surface area is 125 Å². The SMILES string of the molecule is Cn1c(=O)c2c(ncn2CC(N)=[N+]2CCOCC2)n(C)c1=O. The van der Waals surface area contributed by atoms with Gasteiger partial charge in [0.1, 0.15) is 19.6 Å². The molecule has 0 bridgehead atoms. The lowest BCUT2D eigenvalue weighted by molar-refractivity contribution is -0.551. The zero-order valence-electron chi connectivity index (χ0n) is 12.7. The van der Waals surface area contributed by atoms with Gasteiger partial charge in [-0.2, -0.15) is 0 Å². The van der Waals surface area contributed by atoms with Crippen LogP contribution in [-0.2, 0) is 25.4 Å². The first-order valence-corrected chi connectivity index (χ1v) is 7.05. The second-order valence-electron chi connectivity index (χ2n) is 5.34. The maximum atomic E-state index is 12.3. The van der Waals surface area contributed by atoms with Crippen LogP contribution in [-0.4, -0.2) is 55.4 Å². The molecular weight excluding hydrogens is 288 g/mol. The molecule has 3 rings (SSSR count). The van der Waals surface area contributed by atoms with E-state index in [-0.39, 0.29) is 5.56 Å². The second-order valence-corrected chi connectivity index (χ2v) is 5.34. The summed E-state index contributed by atoms with van der Waals surface area (Å²) in [6, 6.07) is 0. The summed E-state index contributed by atoms with van der Waals surface area (Å²) in [4.78, 5) is 28.4. The lowest BCUT2D eigenvalue weighted by Crippen LogP contribution is -2.40. The molecule has 0 amide bonds. The van der Waals surface area contributed by atoms with Crippen molar-refractivity contribution in [1.29, 1.82) is 0 Å². The fourth-order valence-corrected chi connectivity index (χ4v) is 2.64. The first kappa shape index (κ1) is 14.5. The molecule has 2 aromatic rings. The molecule has 0 spiro atoms. The zero-order valence-corrected chi connectivity index (χ0v) is 12.7. The van der Waals surface area contributed by atoms with Gasteiger partial charge < -0.3 is 9.30 Å². The van der Waals surface area contributed by atoms with Crippen LogP contribution in [0.1, 0.15) is 0 Å². The summed E-state index contributed by atoms with van der Waals surface area (Å²) in [5.41, 5.74) is 6.12. The third-order valence-corrected chi connectivity index (χ3v) is 3.97. The highest BCUT2D eigenvalue weighted by atomic mass is 16.5. The quantitative estimate of drug-likeness (QED) is 0.503. The van der Waals surface area contributed by atoms with Gasteiger partial charge in [0.2, 0.25) is 0 Å². The summed E-state index contributed by atoms with van der Waals surface area (Å²) in [7, 11) is 3.05. The van der Waals surface area contributed by atoms with E-state index in [9.17, 15) is 9.59 Å². The number of hydrogen-bond donors (Lipinski definition) is 1. The number of amidine groups is 1. The monoisotopic (exact) mass is 307 g/mol. The van der Waals surface area contributed by atoms with E-state index in [2.05, 4.69) is 4.98 Å². The summed E-state index contributed by atoms with van der Waals surface area (Å²) < 4.78 is 11.4. The number of nitrogens with two attached hydrogens (primary N) is 1. The third-order valence-electron chi connectivity index (χ3n) is 3.97. The van der Waals surface area contributed by atoms with Gasteiger partial charge in [0.15, 0.2) is 11.2 Å². The van der Waals surface area contributed by atoms with Crippen LogP contribution in [0, 0.1) is 0 Å². The highest BCUT2D eigenvalue weighted by Crippen LogP contribution is 2.05. The second kappa shape index (κ2) is 5.41. The Morgan fingerprint density at radius 2 is 2.00 bits per heavy atom. The Morgan fingerprint density at radius 1 is 1.32 bits per heavy atom. The average molecular weight is 307 g/mol. The van der Waals surface area contributed by atoms with E-state index in [1.165, 1.54) is 11.6 Å². The number of fused-ring (bicyclic) bond motifs is 1. The van der Waals surface area contributed by atoms with Crippen molar-refractivity contribution in [3.63, 3.8) is 0 Å². The number of imidazole rings is 1. The molecule has 0 saturated carbocycles. The molecule has 1 fully saturated rings. The van der Waals surface area contributed by atoms with E-state index >= 15 is 0 Å². The van der Waals surface area contributed by atoms with Crippen LogP contribution in [0.4, 0.5) is 0 Å². The van der Waals surface area contributed by atoms with Crippen molar-refractivity contribution in [3.8, 4) is 0 Å². The van der Waals surface area contributed by atoms with E-state index in [4.69, 9.17) is 10.5 Å². The van der Waals surface area contributed by atoms with Crippen LogP contribution < -0.4 is 17.0 Å². The van der Waals surface area contributed by atoms with Crippen molar-refractivity contribution in [1.82, 2.24) is 18.7 Å². The highest BCUT2D eigenvalue weighted by molar-refractivity contribution is 5.78. The molecule has 1 aliphatic rings. The van der Waals surface area contributed by atoms with Gasteiger partial charge in [-0.25, -0.2) is 9.78 Å². The minimum absolute atomic E-state index is 0.351. The third kappa shape index (κ3) is 2.23. The predicted octanol–water partition coefficient (Wildman–Crippen LogP) is -2.17. The van der Waals surface area contributed by atoms with Crippen LogP contribution in [0.3, 0.4) is 0 Å². The molecule has 0 unspecified atom stereocenters. The maximum Gasteiger partial charge on any atom is 0.332 e. The summed E-state index contributed by atoms with van der Waals surface area (Å²) in [5.74, 6) is 0.651. The largest absolute Gasteiger partial charge is 0.373 e. The van der Waals surface area contributed by atoms with Crippen LogP contribution in [0.15, 0.2) is 15.9 Å². The van der Waals surface area contributed by atoms with Gasteiger partial charge in [-0.15, -0.1) is 0 Å². The minimum atomic E-state index is -0.395. The Kier molecular flexibility index (Phi) is 3.57. The van der Waals surface area contributed by atoms with E-state index < -0.39 is 5.69 Å². The first-order chi connectivity index (χ1) is 10.5. The Morgan fingerprint density at radius 3 is 2.68 bits per heavy atom. The molecule has 1 aliphatic heterocycles. The minimum Gasteiger partial charge on any atom is -0.373 e. The maximum absolute atomic E-state index is 12.3. The number of rotatable bonds is 2. The molecule has 1 saturated heterocycles. The molecule has 0 radical (unpaired) electrons. The van der Waals surface area contributed by atoms with Crippen molar-refractivity contribution in [2.24, 2.45) is 19.8 Å². The summed E-state index contributed by atoms with van der Waals surface area (Å²) in [6.07, 6.45) is 1.54. The average Bonchev–Trinajstić information content (AvgIpc) is 2.95. The van der Waals surface area contributed by atoms with E-state index in [1.54, 1.807) is 17.9 Å². The van der Waals surface area contributed by atoms with E-state index in [0.29, 0.717) is 36.8 Å². The van der Waals surface area contributed by atoms with E-state index in [0.717, 1.165) is 17.7 Å². The molecular formula is C13H19N6O3+. The van der Waals surface area contributed by atoms with Crippen molar-refractivity contribution in [2.45, 2.75) is 6.54 Å². The van der Waals surface area contributed by atoms with Gasteiger partial charge >= 0.3 is 5.69 Å². The van der Waals surface area contributed by atoms with Crippen molar-refractivity contribution in [2.75, 3.05) is 26.3 Å². The zero-order chi connectivity index (χ0) is 15.9. The Balaban J connectivity index is 2.09. The van der Waals surface area contributed by atoms with Crippen LogP contribution >= 0.6 is 0 Å². The van der Waals surface area contributed by atoms with Gasteiger partial charge in [0, 0.05) is 14.1 Å². The van der Waals surface area contributed by atoms with Crippen LogP contribution in [0.5, 0.6) is 0 Å². The molecule has 0 atom stereocenters. The molecule has 9 nitrogen and oxygen atoms in total. The molecule has 3 heterocycles.